The molecule has 0 aliphatic heterocycles. The highest BCUT2D eigenvalue weighted by Gasteiger charge is 2.14. The van der Waals surface area contributed by atoms with Gasteiger partial charge in [0.15, 0.2) is 0 Å². The molecule has 1 N–H and O–H groups in total. The number of alkyl halides is 2. The SMILES string of the molecule is Cc1nn(C(F)F)c2cc(O)ccc12. The second-order valence-electron chi connectivity index (χ2n) is 3.01. The van der Waals surface area contributed by atoms with E-state index >= 15 is 0 Å². The zero-order chi connectivity index (χ0) is 10.3. The van der Waals surface area contributed by atoms with Gasteiger partial charge in [-0.2, -0.15) is 13.9 Å². The number of aryl methyl sites for hydroxylation is 1. The van der Waals surface area contributed by atoms with E-state index in [1.807, 2.05) is 0 Å². The molecule has 0 saturated heterocycles. The van der Waals surface area contributed by atoms with Crippen LogP contribution in [0.2, 0.25) is 0 Å². The first-order chi connectivity index (χ1) is 6.59. The van der Waals surface area contributed by atoms with Crippen LogP contribution in [-0.4, -0.2) is 14.9 Å². The highest BCUT2D eigenvalue weighted by atomic mass is 19.3. The molecule has 74 valence electrons. The second kappa shape index (κ2) is 2.94. The van der Waals surface area contributed by atoms with Crippen molar-refractivity contribution in [2.75, 3.05) is 0 Å². The summed E-state index contributed by atoms with van der Waals surface area (Å²) in [5.74, 6) is -0.0423. The van der Waals surface area contributed by atoms with Crippen LogP contribution >= 0.6 is 0 Å². The number of phenolic OH excluding ortho intramolecular Hbond substituents is 1. The highest BCUT2D eigenvalue weighted by Crippen LogP contribution is 2.25. The summed E-state index contributed by atoms with van der Waals surface area (Å²) < 4.78 is 25.5. The molecule has 0 bridgehead atoms. The van der Waals surface area contributed by atoms with Crippen LogP contribution in [0.4, 0.5) is 8.78 Å². The number of aromatic nitrogens is 2. The predicted molar refractivity (Wildman–Crippen MR) is 47.4 cm³/mol. The van der Waals surface area contributed by atoms with Crippen LogP contribution < -0.4 is 0 Å². The molecule has 14 heavy (non-hydrogen) atoms. The molecule has 2 aromatic rings. The number of phenols is 1. The van der Waals surface area contributed by atoms with E-state index in [1.165, 1.54) is 12.1 Å². The molecule has 0 radical (unpaired) electrons. The minimum Gasteiger partial charge on any atom is -0.508 e. The van der Waals surface area contributed by atoms with Crippen molar-refractivity contribution in [2.45, 2.75) is 13.5 Å². The molecule has 0 amide bonds. The first-order valence-electron chi connectivity index (χ1n) is 4.05. The Labute approximate surface area is 78.6 Å². The average Bonchev–Trinajstić information content (AvgIpc) is 2.43. The van der Waals surface area contributed by atoms with Gasteiger partial charge in [-0.1, -0.05) is 0 Å². The molecule has 0 aliphatic carbocycles. The van der Waals surface area contributed by atoms with Gasteiger partial charge in [0, 0.05) is 11.5 Å². The number of halogens is 2. The van der Waals surface area contributed by atoms with Gasteiger partial charge in [0.25, 0.3) is 0 Å². The fraction of sp³-hybridized carbons (Fsp3) is 0.222. The number of hydrogen-bond donors (Lipinski definition) is 1. The van der Waals surface area contributed by atoms with Gasteiger partial charge >= 0.3 is 6.55 Å². The third-order valence-corrected chi connectivity index (χ3v) is 2.06. The van der Waals surface area contributed by atoms with Gasteiger partial charge in [0.1, 0.15) is 5.75 Å². The Bertz CT molecular complexity index is 479. The Morgan fingerprint density at radius 2 is 2.14 bits per heavy atom. The van der Waals surface area contributed by atoms with E-state index in [2.05, 4.69) is 5.10 Å². The lowest BCUT2D eigenvalue weighted by Crippen LogP contribution is -1.99. The smallest absolute Gasteiger partial charge is 0.333 e. The number of hydrogen-bond acceptors (Lipinski definition) is 2. The molecular weight excluding hydrogens is 190 g/mol. The molecule has 2 rings (SSSR count). The van der Waals surface area contributed by atoms with Crippen molar-refractivity contribution in [1.82, 2.24) is 9.78 Å². The lowest BCUT2D eigenvalue weighted by atomic mass is 10.2. The van der Waals surface area contributed by atoms with E-state index in [0.717, 1.165) is 0 Å². The molecule has 0 fully saturated rings. The Hall–Kier alpha value is -1.65. The monoisotopic (exact) mass is 198 g/mol. The second-order valence-corrected chi connectivity index (χ2v) is 3.01. The summed E-state index contributed by atoms with van der Waals surface area (Å²) >= 11 is 0. The van der Waals surface area contributed by atoms with E-state index < -0.39 is 6.55 Å². The van der Waals surface area contributed by atoms with Gasteiger partial charge in [-0.05, 0) is 19.1 Å². The normalized spacial score (nSPS) is 11.4. The van der Waals surface area contributed by atoms with Crippen molar-refractivity contribution in [3.8, 4) is 5.75 Å². The molecule has 0 aliphatic rings. The molecule has 5 heteroatoms. The average molecular weight is 198 g/mol. The van der Waals surface area contributed by atoms with Crippen molar-refractivity contribution in [3.63, 3.8) is 0 Å². The largest absolute Gasteiger partial charge is 0.508 e. The summed E-state index contributed by atoms with van der Waals surface area (Å²) in [5, 5.41) is 13.5. The van der Waals surface area contributed by atoms with Crippen LogP contribution in [0.3, 0.4) is 0 Å². The Kier molecular flexibility index (Phi) is 1.87. The molecule has 0 atom stereocenters. The van der Waals surface area contributed by atoms with Crippen molar-refractivity contribution in [1.29, 1.82) is 0 Å². The number of nitrogens with zero attached hydrogens (tertiary/aromatic N) is 2. The molecule has 0 unspecified atom stereocenters. The topological polar surface area (TPSA) is 38.0 Å². The standard InChI is InChI=1S/C9H8F2N2O/c1-5-7-3-2-6(14)4-8(7)13(12-5)9(10)11/h2-4,9,14H,1H3. The summed E-state index contributed by atoms with van der Waals surface area (Å²) in [6.07, 6.45) is 0. The van der Waals surface area contributed by atoms with Gasteiger partial charge in [-0.15, -0.1) is 0 Å². The van der Waals surface area contributed by atoms with Crippen molar-refractivity contribution in [3.05, 3.63) is 23.9 Å². The molecule has 1 aromatic heterocycles. The maximum absolute atomic E-state index is 12.5. The number of rotatable bonds is 1. The van der Waals surface area contributed by atoms with Crippen LogP contribution in [0.5, 0.6) is 5.75 Å². The maximum atomic E-state index is 12.5. The summed E-state index contributed by atoms with van der Waals surface area (Å²) in [6.45, 7) is -1.04. The van der Waals surface area contributed by atoms with Crippen LogP contribution in [0.25, 0.3) is 10.9 Å². The summed E-state index contributed by atoms with van der Waals surface area (Å²) in [5.41, 5.74) is 0.776. The van der Waals surface area contributed by atoms with Crippen LogP contribution in [0.15, 0.2) is 18.2 Å². The molecule has 3 nitrogen and oxygen atoms in total. The van der Waals surface area contributed by atoms with E-state index in [0.29, 0.717) is 15.8 Å². The quantitative estimate of drug-likeness (QED) is 0.764. The Morgan fingerprint density at radius 3 is 2.79 bits per heavy atom. The summed E-state index contributed by atoms with van der Waals surface area (Å²) in [4.78, 5) is 0. The predicted octanol–water partition coefficient (Wildman–Crippen LogP) is 2.45. The third-order valence-electron chi connectivity index (χ3n) is 2.06. The number of fused-ring (bicyclic) bond motifs is 1. The Balaban J connectivity index is 2.79. The Morgan fingerprint density at radius 1 is 1.43 bits per heavy atom. The van der Waals surface area contributed by atoms with Crippen molar-refractivity contribution >= 4 is 10.9 Å². The fourth-order valence-corrected chi connectivity index (χ4v) is 1.43. The molecule has 1 heterocycles. The van der Waals surface area contributed by atoms with Gasteiger partial charge < -0.3 is 5.11 Å². The van der Waals surface area contributed by atoms with Crippen molar-refractivity contribution in [2.24, 2.45) is 0 Å². The molecule has 0 spiro atoms. The van der Waals surface area contributed by atoms with Gasteiger partial charge in [0.05, 0.1) is 11.2 Å². The number of benzene rings is 1. The van der Waals surface area contributed by atoms with Crippen LogP contribution in [0.1, 0.15) is 12.2 Å². The third kappa shape index (κ3) is 1.21. The van der Waals surface area contributed by atoms with E-state index in [-0.39, 0.29) is 11.3 Å². The lowest BCUT2D eigenvalue weighted by Gasteiger charge is -2.00. The van der Waals surface area contributed by atoms with Gasteiger partial charge in [-0.25, -0.2) is 4.68 Å². The minimum atomic E-state index is -2.69. The molecule has 1 aromatic carbocycles. The molecule has 0 saturated carbocycles. The lowest BCUT2D eigenvalue weighted by molar-refractivity contribution is 0.0611. The zero-order valence-electron chi connectivity index (χ0n) is 7.41. The minimum absolute atomic E-state index is 0.0423. The van der Waals surface area contributed by atoms with E-state index in [1.54, 1.807) is 13.0 Å². The zero-order valence-corrected chi connectivity index (χ0v) is 7.41. The van der Waals surface area contributed by atoms with E-state index in [9.17, 15) is 8.78 Å². The van der Waals surface area contributed by atoms with Gasteiger partial charge in [-0.3, -0.25) is 0 Å². The summed E-state index contributed by atoms with van der Waals surface area (Å²) in [7, 11) is 0. The summed E-state index contributed by atoms with van der Waals surface area (Å²) in [6, 6.07) is 4.31. The van der Waals surface area contributed by atoms with Gasteiger partial charge in [0.2, 0.25) is 0 Å². The fourth-order valence-electron chi connectivity index (χ4n) is 1.43. The van der Waals surface area contributed by atoms with Crippen LogP contribution in [0, 0.1) is 6.92 Å². The first kappa shape index (κ1) is 8.93. The maximum Gasteiger partial charge on any atom is 0.333 e. The first-order valence-corrected chi connectivity index (χ1v) is 4.05. The van der Waals surface area contributed by atoms with Crippen molar-refractivity contribution < 1.29 is 13.9 Å². The van der Waals surface area contributed by atoms with Crippen LogP contribution in [-0.2, 0) is 0 Å². The molecular formula is C9H8F2N2O. The number of aromatic hydroxyl groups is 1. The van der Waals surface area contributed by atoms with E-state index in [4.69, 9.17) is 5.11 Å². The highest BCUT2D eigenvalue weighted by molar-refractivity contribution is 5.83.